The zero-order chi connectivity index (χ0) is 12.1. The van der Waals surface area contributed by atoms with Gasteiger partial charge in [0.05, 0.1) is 6.61 Å². The molecular formula is C14H28N2O. The maximum atomic E-state index is 5.23. The van der Waals surface area contributed by atoms with E-state index >= 15 is 0 Å². The standard InChI is InChI=1S/C14H28N2O/c1-11(10-17-2)16-14-7-4-3-6-12(14)13-8-5-9-15-13/h11-16H,3-10H2,1-2H3. The lowest BCUT2D eigenvalue weighted by Crippen LogP contribution is -2.50. The Kier molecular flexibility index (Phi) is 5.26. The van der Waals surface area contributed by atoms with Gasteiger partial charge in [-0.3, -0.25) is 0 Å². The Labute approximate surface area is 106 Å². The van der Waals surface area contributed by atoms with E-state index < -0.39 is 0 Å². The first-order chi connectivity index (χ1) is 8.31. The van der Waals surface area contributed by atoms with Crippen molar-refractivity contribution in [1.82, 2.24) is 10.6 Å². The molecule has 4 unspecified atom stereocenters. The fraction of sp³-hybridized carbons (Fsp3) is 1.00. The highest BCUT2D eigenvalue weighted by Crippen LogP contribution is 2.30. The van der Waals surface area contributed by atoms with E-state index in [2.05, 4.69) is 17.6 Å². The predicted molar refractivity (Wildman–Crippen MR) is 71.2 cm³/mol. The average molecular weight is 240 g/mol. The molecule has 1 saturated carbocycles. The van der Waals surface area contributed by atoms with Gasteiger partial charge in [-0.1, -0.05) is 12.8 Å². The molecule has 3 heteroatoms. The second-order valence-corrected chi connectivity index (χ2v) is 5.78. The molecule has 1 heterocycles. The number of ether oxygens (including phenoxy) is 1. The molecule has 2 aliphatic rings. The normalized spacial score (nSPS) is 36.0. The highest BCUT2D eigenvalue weighted by atomic mass is 16.5. The molecule has 2 fully saturated rings. The molecule has 17 heavy (non-hydrogen) atoms. The van der Waals surface area contributed by atoms with Crippen molar-refractivity contribution < 1.29 is 4.74 Å². The number of hydrogen-bond donors (Lipinski definition) is 2. The molecule has 1 saturated heterocycles. The summed E-state index contributed by atoms with van der Waals surface area (Å²) in [5, 5.41) is 7.47. The van der Waals surface area contributed by atoms with Crippen molar-refractivity contribution in [1.29, 1.82) is 0 Å². The van der Waals surface area contributed by atoms with Gasteiger partial charge in [0.1, 0.15) is 0 Å². The average Bonchev–Trinajstić information content (AvgIpc) is 2.83. The Morgan fingerprint density at radius 1 is 1.24 bits per heavy atom. The van der Waals surface area contributed by atoms with Gasteiger partial charge in [0.15, 0.2) is 0 Å². The zero-order valence-electron chi connectivity index (χ0n) is 11.4. The van der Waals surface area contributed by atoms with E-state index in [-0.39, 0.29) is 0 Å². The molecule has 2 N–H and O–H groups in total. The molecule has 3 nitrogen and oxygen atoms in total. The van der Waals surface area contributed by atoms with E-state index in [1.54, 1.807) is 7.11 Å². The molecule has 0 spiro atoms. The van der Waals surface area contributed by atoms with Crippen LogP contribution >= 0.6 is 0 Å². The lowest BCUT2D eigenvalue weighted by molar-refractivity contribution is 0.141. The van der Waals surface area contributed by atoms with Crippen LogP contribution in [-0.2, 0) is 4.74 Å². The monoisotopic (exact) mass is 240 g/mol. The summed E-state index contributed by atoms with van der Waals surface area (Å²) in [6, 6.07) is 1.94. The third-order valence-electron chi connectivity index (χ3n) is 4.35. The molecule has 4 atom stereocenters. The Bertz CT molecular complexity index is 216. The molecule has 2 rings (SSSR count). The lowest BCUT2D eigenvalue weighted by atomic mass is 9.79. The van der Waals surface area contributed by atoms with E-state index in [4.69, 9.17) is 4.74 Å². The van der Waals surface area contributed by atoms with Gasteiger partial charge in [-0.05, 0) is 45.1 Å². The smallest absolute Gasteiger partial charge is 0.0613 e. The topological polar surface area (TPSA) is 33.3 Å². The van der Waals surface area contributed by atoms with Crippen molar-refractivity contribution >= 4 is 0 Å². The van der Waals surface area contributed by atoms with Gasteiger partial charge in [-0.15, -0.1) is 0 Å². The first-order valence-electron chi connectivity index (χ1n) is 7.29. The van der Waals surface area contributed by atoms with Crippen molar-refractivity contribution in [3.63, 3.8) is 0 Å². The first-order valence-corrected chi connectivity index (χ1v) is 7.29. The largest absolute Gasteiger partial charge is 0.383 e. The summed E-state index contributed by atoms with van der Waals surface area (Å²) < 4.78 is 5.23. The van der Waals surface area contributed by atoms with Crippen LogP contribution in [0.1, 0.15) is 45.4 Å². The number of nitrogens with one attached hydrogen (secondary N) is 2. The quantitative estimate of drug-likeness (QED) is 0.770. The lowest BCUT2D eigenvalue weighted by Gasteiger charge is -2.37. The van der Waals surface area contributed by atoms with Crippen LogP contribution in [0, 0.1) is 5.92 Å². The molecule has 100 valence electrons. The van der Waals surface area contributed by atoms with E-state index in [0.29, 0.717) is 12.1 Å². The minimum Gasteiger partial charge on any atom is -0.383 e. The molecule has 0 aromatic carbocycles. The molecule has 1 aliphatic heterocycles. The summed E-state index contributed by atoms with van der Waals surface area (Å²) >= 11 is 0. The summed E-state index contributed by atoms with van der Waals surface area (Å²) in [5.74, 6) is 0.838. The third-order valence-corrected chi connectivity index (χ3v) is 4.35. The fourth-order valence-corrected chi connectivity index (χ4v) is 3.59. The van der Waals surface area contributed by atoms with Crippen LogP contribution in [-0.4, -0.2) is 38.4 Å². The maximum absolute atomic E-state index is 5.23. The van der Waals surface area contributed by atoms with Crippen molar-refractivity contribution in [2.24, 2.45) is 5.92 Å². The van der Waals surface area contributed by atoms with Crippen LogP contribution in [0.3, 0.4) is 0 Å². The van der Waals surface area contributed by atoms with Gasteiger partial charge in [0.25, 0.3) is 0 Å². The summed E-state index contributed by atoms with van der Waals surface area (Å²) in [6.45, 7) is 4.28. The Morgan fingerprint density at radius 3 is 2.76 bits per heavy atom. The molecule has 0 aromatic rings. The minimum atomic E-state index is 0.479. The molecule has 0 aromatic heterocycles. The van der Waals surface area contributed by atoms with Crippen LogP contribution in [0.25, 0.3) is 0 Å². The minimum absolute atomic E-state index is 0.479. The van der Waals surface area contributed by atoms with E-state index in [0.717, 1.165) is 18.6 Å². The summed E-state index contributed by atoms with van der Waals surface area (Å²) in [6.07, 6.45) is 8.29. The second kappa shape index (κ2) is 6.72. The van der Waals surface area contributed by atoms with Crippen molar-refractivity contribution in [3.8, 4) is 0 Å². The highest BCUT2D eigenvalue weighted by molar-refractivity contribution is 4.92. The van der Waals surface area contributed by atoms with E-state index in [1.807, 2.05) is 0 Å². The molecular weight excluding hydrogens is 212 g/mol. The SMILES string of the molecule is COCC(C)NC1CCCCC1C1CCCN1. The Hall–Kier alpha value is -0.120. The van der Waals surface area contributed by atoms with Crippen LogP contribution in [0.4, 0.5) is 0 Å². The van der Waals surface area contributed by atoms with Crippen molar-refractivity contribution in [3.05, 3.63) is 0 Å². The Balaban J connectivity index is 1.87. The van der Waals surface area contributed by atoms with Crippen LogP contribution in [0.15, 0.2) is 0 Å². The van der Waals surface area contributed by atoms with Gasteiger partial charge < -0.3 is 15.4 Å². The van der Waals surface area contributed by atoms with Crippen molar-refractivity contribution in [2.75, 3.05) is 20.3 Å². The molecule has 0 radical (unpaired) electrons. The van der Waals surface area contributed by atoms with Gasteiger partial charge in [-0.2, -0.15) is 0 Å². The third kappa shape index (κ3) is 3.67. The van der Waals surface area contributed by atoms with E-state index in [9.17, 15) is 0 Å². The number of rotatable bonds is 5. The number of methoxy groups -OCH3 is 1. The van der Waals surface area contributed by atoms with Crippen LogP contribution in [0.2, 0.25) is 0 Å². The van der Waals surface area contributed by atoms with Gasteiger partial charge in [-0.25, -0.2) is 0 Å². The van der Waals surface area contributed by atoms with Crippen LogP contribution < -0.4 is 10.6 Å². The van der Waals surface area contributed by atoms with Gasteiger partial charge in [0.2, 0.25) is 0 Å². The fourth-order valence-electron chi connectivity index (χ4n) is 3.59. The Morgan fingerprint density at radius 2 is 2.06 bits per heavy atom. The molecule has 0 amide bonds. The highest BCUT2D eigenvalue weighted by Gasteiger charge is 2.33. The summed E-state index contributed by atoms with van der Waals surface area (Å²) in [5.41, 5.74) is 0. The number of hydrogen-bond acceptors (Lipinski definition) is 3. The van der Waals surface area contributed by atoms with Gasteiger partial charge in [0, 0.05) is 25.2 Å². The first kappa shape index (κ1) is 13.3. The molecule has 0 bridgehead atoms. The summed E-state index contributed by atoms with van der Waals surface area (Å²) in [4.78, 5) is 0. The molecule has 1 aliphatic carbocycles. The van der Waals surface area contributed by atoms with Gasteiger partial charge >= 0.3 is 0 Å². The predicted octanol–water partition coefficient (Wildman–Crippen LogP) is 1.92. The summed E-state index contributed by atoms with van der Waals surface area (Å²) in [7, 11) is 1.79. The zero-order valence-corrected chi connectivity index (χ0v) is 11.4. The van der Waals surface area contributed by atoms with E-state index in [1.165, 1.54) is 45.1 Å². The van der Waals surface area contributed by atoms with Crippen molar-refractivity contribution in [2.45, 2.75) is 63.6 Å². The second-order valence-electron chi connectivity index (χ2n) is 5.78. The maximum Gasteiger partial charge on any atom is 0.0613 e. The van der Waals surface area contributed by atoms with Crippen LogP contribution in [0.5, 0.6) is 0 Å².